The first-order chi connectivity index (χ1) is 12.8. The van der Waals surface area contributed by atoms with Crippen LogP contribution in [0.15, 0.2) is 48.5 Å². The largest absolute Gasteiger partial charge is 0.298 e. The lowest BCUT2D eigenvalue weighted by Gasteiger charge is -2.09. The molecule has 0 heterocycles. The minimum absolute atomic E-state index is 0.105. The van der Waals surface area contributed by atoms with Crippen molar-refractivity contribution in [2.45, 2.75) is 6.42 Å². The first kappa shape index (κ1) is 20.1. The first-order valence-electron chi connectivity index (χ1n) is 7.61. The van der Waals surface area contributed by atoms with Crippen LogP contribution >= 0.6 is 12.2 Å². The second-order valence-corrected chi connectivity index (χ2v) is 5.68. The number of rotatable bonds is 4. The Morgan fingerprint density at radius 2 is 1.63 bits per heavy atom. The minimum Gasteiger partial charge on any atom is -0.298 e. The molecule has 5 nitrogen and oxygen atoms in total. The maximum atomic E-state index is 13.5. The fraction of sp³-hybridized carbons (Fsp3) is 0.0556. The molecule has 0 saturated carbocycles. The Morgan fingerprint density at radius 3 is 2.26 bits per heavy atom. The van der Waals surface area contributed by atoms with Crippen LogP contribution in [0.5, 0.6) is 0 Å². The van der Waals surface area contributed by atoms with Crippen LogP contribution in [0.3, 0.4) is 0 Å². The third kappa shape index (κ3) is 6.55. The fourth-order valence-electron chi connectivity index (χ4n) is 2.01. The summed E-state index contributed by atoms with van der Waals surface area (Å²) in [6.07, 6.45) is 1.77. The maximum Gasteiger partial charge on any atom is 0.250 e. The van der Waals surface area contributed by atoms with E-state index in [2.05, 4.69) is 16.2 Å². The highest BCUT2D eigenvalue weighted by Gasteiger charge is 2.10. The molecule has 0 unspecified atom stereocenters. The zero-order chi connectivity index (χ0) is 19.8. The fourth-order valence-corrected chi connectivity index (χ4v) is 2.16. The summed E-state index contributed by atoms with van der Waals surface area (Å²) in [6.45, 7) is 0. The summed E-state index contributed by atoms with van der Waals surface area (Å²) >= 11 is 4.82. The number of carbonyl (C=O) groups excluding carboxylic acids is 2. The Bertz CT molecular complexity index is 866. The Balaban J connectivity index is 1.82. The van der Waals surface area contributed by atoms with Crippen molar-refractivity contribution in [1.82, 2.24) is 16.2 Å². The molecule has 0 bridgehead atoms. The van der Waals surface area contributed by atoms with Crippen molar-refractivity contribution in [1.29, 1.82) is 0 Å². The van der Waals surface area contributed by atoms with Gasteiger partial charge >= 0.3 is 0 Å². The lowest BCUT2D eigenvalue weighted by atomic mass is 10.1. The molecule has 0 radical (unpaired) electrons. The van der Waals surface area contributed by atoms with E-state index >= 15 is 0 Å². The molecule has 0 spiro atoms. The second-order valence-electron chi connectivity index (χ2n) is 5.27. The summed E-state index contributed by atoms with van der Waals surface area (Å²) in [4.78, 5) is 23.4. The summed E-state index contributed by atoms with van der Waals surface area (Å²) in [5.41, 5.74) is 4.86. The van der Waals surface area contributed by atoms with Gasteiger partial charge in [-0.2, -0.15) is 0 Å². The third-order valence-electron chi connectivity index (χ3n) is 3.20. The SMILES string of the molecule is O=C(C=Cc1c(F)cc(F)cc1F)NC(=S)NNC(=O)Cc1ccccc1. The zero-order valence-electron chi connectivity index (χ0n) is 13.8. The molecular weight excluding hydrogens is 379 g/mol. The summed E-state index contributed by atoms with van der Waals surface area (Å²) in [7, 11) is 0. The van der Waals surface area contributed by atoms with E-state index in [1.807, 2.05) is 6.07 Å². The average molecular weight is 393 g/mol. The van der Waals surface area contributed by atoms with Crippen LogP contribution < -0.4 is 16.2 Å². The van der Waals surface area contributed by atoms with Gasteiger partial charge in [-0.15, -0.1) is 0 Å². The highest BCUT2D eigenvalue weighted by Crippen LogP contribution is 2.16. The van der Waals surface area contributed by atoms with Crippen molar-refractivity contribution < 1.29 is 22.8 Å². The van der Waals surface area contributed by atoms with Crippen LogP contribution in [0.1, 0.15) is 11.1 Å². The maximum absolute atomic E-state index is 13.5. The van der Waals surface area contributed by atoms with E-state index in [4.69, 9.17) is 12.2 Å². The molecule has 27 heavy (non-hydrogen) atoms. The molecule has 0 aliphatic carbocycles. The lowest BCUT2D eigenvalue weighted by Crippen LogP contribution is -2.48. The molecule has 3 N–H and O–H groups in total. The molecule has 2 amide bonds. The summed E-state index contributed by atoms with van der Waals surface area (Å²) in [6, 6.07) is 9.95. The number of hydrazine groups is 1. The minimum atomic E-state index is -1.15. The number of nitrogens with one attached hydrogen (secondary N) is 3. The number of benzene rings is 2. The summed E-state index contributed by atoms with van der Waals surface area (Å²) in [5.74, 6) is -4.55. The molecule has 140 valence electrons. The van der Waals surface area contributed by atoms with Gasteiger partial charge in [0, 0.05) is 23.8 Å². The summed E-state index contributed by atoms with van der Waals surface area (Å²) in [5, 5.41) is 1.96. The van der Waals surface area contributed by atoms with Crippen molar-refractivity contribution >= 4 is 35.2 Å². The first-order valence-corrected chi connectivity index (χ1v) is 8.02. The van der Waals surface area contributed by atoms with Crippen molar-refractivity contribution in [3.05, 3.63) is 77.1 Å². The average Bonchev–Trinajstić information content (AvgIpc) is 2.60. The predicted octanol–water partition coefficient (Wildman–Crippen LogP) is 2.38. The van der Waals surface area contributed by atoms with Gasteiger partial charge in [0.1, 0.15) is 17.5 Å². The number of carbonyl (C=O) groups is 2. The van der Waals surface area contributed by atoms with Crippen LogP contribution in [-0.4, -0.2) is 16.9 Å². The van der Waals surface area contributed by atoms with E-state index < -0.39 is 28.9 Å². The number of amides is 2. The van der Waals surface area contributed by atoms with Gasteiger partial charge in [-0.3, -0.25) is 25.8 Å². The highest BCUT2D eigenvalue weighted by atomic mass is 32.1. The van der Waals surface area contributed by atoms with E-state index in [1.165, 1.54) is 0 Å². The van der Waals surface area contributed by atoms with Gasteiger partial charge in [-0.05, 0) is 23.9 Å². The van der Waals surface area contributed by atoms with Crippen LogP contribution in [0.25, 0.3) is 6.08 Å². The van der Waals surface area contributed by atoms with Crippen molar-refractivity contribution in [3.63, 3.8) is 0 Å². The third-order valence-corrected chi connectivity index (χ3v) is 3.41. The van der Waals surface area contributed by atoms with Gasteiger partial charge in [-0.1, -0.05) is 30.3 Å². The number of thiocarbonyl (C=S) groups is 1. The zero-order valence-corrected chi connectivity index (χ0v) is 14.6. The predicted molar refractivity (Wildman–Crippen MR) is 97.5 cm³/mol. The highest BCUT2D eigenvalue weighted by molar-refractivity contribution is 7.80. The van der Waals surface area contributed by atoms with Crippen LogP contribution in [0.4, 0.5) is 13.2 Å². The Labute approximate surface area is 158 Å². The van der Waals surface area contributed by atoms with E-state index in [1.54, 1.807) is 24.3 Å². The van der Waals surface area contributed by atoms with Crippen LogP contribution in [-0.2, 0) is 16.0 Å². The standard InChI is InChI=1S/C18H14F3N3O2S/c19-12-9-14(20)13(15(21)10-12)6-7-16(25)22-18(27)24-23-17(26)8-11-4-2-1-3-5-11/h1-7,9-10H,8H2,(H,23,26)(H2,22,24,25,27). The smallest absolute Gasteiger partial charge is 0.250 e. The Kier molecular flexibility index (Phi) is 7.07. The summed E-state index contributed by atoms with van der Waals surface area (Å²) < 4.78 is 39.8. The monoisotopic (exact) mass is 393 g/mol. The number of hydrogen-bond acceptors (Lipinski definition) is 3. The molecule has 0 aromatic heterocycles. The Hall–Kier alpha value is -3.20. The second kappa shape index (κ2) is 9.48. The topological polar surface area (TPSA) is 70.2 Å². The van der Waals surface area contributed by atoms with Crippen molar-refractivity contribution in [2.75, 3.05) is 0 Å². The molecular formula is C18H14F3N3O2S. The van der Waals surface area contributed by atoms with Crippen molar-refractivity contribution in [3.8, 4) is 0 Å². The van der Waals surface area contributed by atoms with Gasteiger partial charge < -0.3 is 0 Å². The molecule has 2 aromatic rings. The normalized spacial score (nSPS) is 10.5. The lowest BCUT2D eigenvalue weighted by molar-refractivity contribution is -0.121. The van der Waals surface area contributed by atoms with Crippen molar-refractivity contribution in [2.24, 2.45) is 0 Å². The Morgan fingerprint density at radius 1 is 1.00 bits per heavy atom. The van der Waals surface area contributed by atoms with Gasteiger partial charge in [0.25, 0.3) is 0 Å². The molecule has 0 aliphatic rings. The van der Waals surface area contributed by atoms with Gasteiger partial charge in [0.15, 0.2) is 5.11 Å². The van der Waals surface area contributed by atoms with E-state index in [0.29, 0.717) is 12.1 Å². The molecule has 0 saturated heterocycles. The quantitative estimate of drug-likeness (QED) is 0.424. The van der Waals surface area contributed by atoms with Gasteiger partial charge in [0.2, 0.25) is 11.8 Å². The molecule has 0 fully saturated rings. The van der Waals surface area contributed by atoms with E-state index in [9.17, 15) is 22.8 Å². The molecule has 9 heteroatoms. The van der Waals surface area contributed by atoms with Gasteiger partial charge in [-0.25, -0.2) is 13.2 Å². The van der Waals surface area contributed by atoms with Crippen LogP contribution in [0, 0.1) is 17.5 Å². The van der Waals surface area contributed by atoms with Crippen LogP contribution in [0.2, 0.25) is 0 Å². The molecule has 2 rings (SSSR count). The van der Waals surface area contributed by atoms with E-state index in [-0.39, 0.29) is 17.4 Å². The van der Waals surface area contributed by atoms with E-state index in [0.717, 1.165) is 17.7 Å². The molecule has 0 aliphatic heterocycles. The number of halogens is 3. The molecule has 2 aromatic carbocycles. The molecule has 0 atom stereocenters. The number of hydrogen-bond donors (Lipinski definition) is 3. The van der Waals surface area contributed by atoms with Gasteiger partial charge in [0.05, 0.1) is 6.42 Å².